The van der Waals surface area contributed by atoms with Gasteiger partial charge >= 0.3 is 5.97 Å². The third-order valence-electron chi connectivity index (χ3n) is 11.1. The summed E-state index contributed by atoms with van der Waals surface area (Å²) in [5.74, 6) is 3.96. The number of carbonyl (C=O) groups excluding carboxylic acids is 2. The lowest BCUT2D eigenvalue weighted by molar-refractivity contribution is -0.165. The van der Waals surface area contributed by atoms with E-state index in [-0.39, 0.29) is 23.3 Å². The molecule has 3 nitrogen and oxygen atoms in total. The van der Waals surface area contributed by atoms with Crippen LogP contribution in [0.15, 0.2) is 0 Å². The molecule has 4 fully saturated rings. The van der Waals surface area contributed by atoms with Crippen molar-refractivity contribution in [1.29, 1.82) is 0 Å². The van der Waals surface area contributed by atoms with E-state index in [4.69, 9.17) is 16.3 Å². The minimum Gasteiger partial charge on any atom is -0.462 e. The second-order valence-corrected chi connectivity index (χ2v) is 13.9. The Labute approximate surface area is 207 Å². The Morgan fingerprint density at radius 1 is 1.06 bits per heavy atom. The Morgan fingerprint density at radius 2 is 1.79 bits per heavy atom. The molecule has 0 radical (unpaired) electrons. The maximum atomic E-state index is 13.7. The van der Waals surface area contributed by atoms with Gasteiger partial charge in [-0.2, -0.15) is 0 Å². The number of ketones is 1. The summed E-state index contributed by atoms with van der Waals surface area (Å²) in [5, 5.41) is 0. The van der Waals surface area contributed by atoms with Crippen LogP contribution in [-0.4, -0.2) is 22.7 Å². The maximum absolute atomic E-state index is 13.7. The number of halogens is 1. The number of alkyl halides is 1. The van der Waals surface area contributed by atoms with Gasteiger partial charge in [-0.1, -0.05) is 53.9 Å². The van der Waals surface area contributed by atoms with Crippen molar-refractivity contribution in [1.82, 2.24) is 0 Å². The number of hydrogen-bond acceptors (Lipinski definition) is 3. The largest absolute Gasteiger partial charge is 0.462 e. The van der Waals surface area contributed by atoms with Crippen LogP contribution in [0.25, 0.3) is 0 Å². The molecule has 0 aromatic carbocycles. The molecule has 4 rings (SSSR count). The molecule has 4 aliphatic carbocycles. The topological polar surface area (TPSA) is 43.4 Å². The lowest BCUT2D eigenvalue weighted by atomic mass is 9.43. The standard InChI is InChI=1S/C29H47ClO3/c1-18(2)8-7-9-19(3)23-10-11-24-22-16-26(32)29(30)17-21(33-20(4)31)12-15-28(29,6)25(22)13-14-27(23,24)5/h18-19,21-25H,7-17H2,1-6H3/t19-,21+,22+,23-,24+,25+,27-,28-,29+/m1/s1. The average Bonchev–Trinajstić information content (AvgIpc) is 3.07. The number of rotatable bonds is 6. The van der Waals surface area contributed by atoms with Crippen LogP contribution in [0.3, 0.4) is 0 Å². The van der Waals surface area contributed by atoms with Gasteiger partial charge in [0.25, 0.3) is 0 Å². The molecule has 0 amide bonds. The second kappa shape index (κ2) is 9.14. The summed E-state index contributed by atoms with van der Waals surface area (Å²) in [6.45, 7) is 13.5. The Hall–Kier alpha value is -0.570. The molecule has 4 aliphatic rings. The molecule has 188 valence electrons. The van der Waals surface area contributed by atoms with Crippen molar-refractivity contribution in [2.24, 2.45) is 46.3 Å². The Kier molecular flexibility index (Phi) is 7.07. The number of esters is 1. The van der Waals surface area contributed by atoms with Crippen molar-refractivity contribution in [3.63, 3.8) is 0 Å². The molecule has 0 bridgehead atoms. The zero-order valence-corrected chi connectivity index (χ0v) is 22.7. The zero-order chi connectivity index (χ0) is 24.2. The molecule has 0 unspecified atom stereocenters. The van der Waals surface area contributed by atoms with Gasteiger partial charge in [0.15, 0.2) is 5.78 Å². The maximum Gasteiger partial charge on any atom is 0.302 e. The highest BCUT2D eigenvalue weighted by molar-refractivity contribution is 6.36. The number of Topliss-reactive ketones (excluding diaryl/α,β-unsaturated/α-hetero) is 1. The van der Waals surface area contributed by atoms with Crippen LogP contribution in [0.4, 0.5) is 0 Å². The predicted molar refractivity (Wildman–Crippen MR) is 134 cm³/mol. The van der Waals surface area contributed by atoms with E-state index < -0.39 is 4.87 Å². The molecular weight excluding hydrogens is 432 g/mol. The smallest absolute Gasteiger partial charge is 0.302 e. The Bertz CT molecular complexity index is 764. The third-order valence-corrected chi connectivity index (χ3v) is 11.8. The number of carbonyl (C=O) groups is 2. The molecule has 4 saturated carbocycles. The molecule has 0 aliphatic heterocycles. The Morgan fingerprint density at radius 3 is 2.45 bits per heavy atom. The number of ether oxygens (including phenoxy) is 1. The average molecular weight is 479 g/mol. The van der Waals surface area contributed by atoms with E-state index >= 15 is 0 Å². The fourth-order valence-electron chi connectivity index (χ4n) is 9.32. The fourth-order valence-corrected chi connectivity index (χ4v) is 9.80. The van der Waals surface area contributed by atoms with Gasteiger partial charge in [0, 0.05) is 19.8 Å². The Balaban J connectivity index is 1.52. The van der Waals surface area contributed by atoms with Crippen molar-refractivity contribution in [2.45, 2.75) is 123 Å². The summed E-state index contributed by atoms with van der Waals surface area (Å²) in [6.07, 6.45) is 11.7. The summed E-state index contributed by atoms with van der Waals surface area (Å²) in [4.78, 5) is 24.4. The molecule has 0 aromatic rings. The summed E-state index contributed by atoms with van der Waals surface area (Å²) in [7, 11) is 0. The normalized spacial score (nSPS) is 45.8. The molecule has 4 heteroatoms. The van der Waals surface area contributed by atoms with Crippen LogP contribution >= 0.6 is 11.6 Å². The number of hydrogen-bond donors (Lipinski definition) is 0. The van der Waals surface area contributed by atoms with Crippen molar-refractivity contribution in [3.05, 3.63) is 0 Å². The number of fused-ring (bicyclic) bond motifs is 5. The van der Waals surface area contributed by atoms with Gasteiger partial charge in [-0.05, 0) is 84.9 Å². The van der Waals surface area contributed by atoms with E-state index in [1.165, 1.54) is 51.9 Å². The lowest BCUT2D eigenvalue weighted by Gasteiger charge is -2.63. The molecular formula is C29H47ClO3. The molecule has 0 N–H and O–H groups in total. The first-order chi connectivity index (χ1) is 15.4. The first-order valence-electron chi connectivity index (χ1n) is 13.8. The van der Waals surface area contributed by atoms with E-state index in [2.05, 4.69) is 34.6 Å². The van der Waals surface area contributed by atoms with Gasteiger partial charge < -0.3 is 4.74 Å². The second-order valence-electron chi connectivity index (χ2n) is 13.2. The summed E-state index contributed by atoms with van der Waals surface area (Å²) >= 11 is 7.27. The minimum atomic E-state index is -0.873. The van der Waals surface area contributed by atoms with E-state index in [1.54, 1.807) is 0 Å². The molecule has 0 heterocycles. The van der Waals surface area contributed by atoms with Crippen molar-refractivity contribution >= 4 is 23.4 Å². The van der Waals surface area contributed by atoms with Crippen LogP contribution in [-0.2, 0) is 14.3 Å². The third kappa shape index (κ3) is 4.21. The van der Waals surface area contributed by atoms with E-state index in [0.29, 0.717) is 36.0 Å². The van der Waals surface area contributed by atoms with Gasteiger partial charge in [0.1, 0.15) is 11.0 Å². The zero-order valence-electron chi connectivity index (χ0n) is 21.9. The van der Waals surface area contributed by atoms with E-state index in [0.717, 1.165) is 30.6 Å². The quantitative estimate of drug-likeness (QED) is 0.292. The molecule has 9 atom stereocenters. The highest BCUT2D eigenvalue weighted by Gasteiger charge is 2.67. The summed E-state index contributed by atoms with van der Waals surface area (Å²) in [6, 6.07) is 0. The highest BCUT2D eigenvalue weighted by Crippen LogP contribution is 2.69. The van der Waals surface area contributed by atoms with Crippen molar-refractivity contribution in [2.75, 3.05) is 0 Å². The molecule has 0 spiro atoms. The van der Waals surface area contributed by atoms with E-state index in [9.17, 15) is 9.59 Å². The predicted octanol–water partition coefficient (Wildman–Crippen LogP) is 7.58. The van der Waals surface area contributed by atoms with Gasteiger partial charge in [-0.3, -0.25) is 9.59 Å². The van der Waals surface area contributed by atoms with Crippen LogP contribution in [0.5, 0.6) is 0 Å². The fraction of sp³-hybridized carbons (Fsp3) is 0.931. The highest BCUT2D eigenvalue weighted by atomic mass is 35.5. The van der Waals surface area contributed by atoms with Crippen molar-refractivity contribution < 1.29 is 14.3 Å². The van der Waals surface area contributed by atoms with Gasteiger partial charge in [0.05, 0.1) is 0 Å². The van der Waals surface area contributed by atoms with Crippen LogP contribution in [0, 0.1) is 46.3 Å². The van der Waals surface area contributed by atoms with Gasteiger partial charge in [0.2, 0.25) is 0 Å². The SMILES string of the molecule is CC(=O)O[C@H]1CC[C@]2(C)[C@H]3CC[C@]4(C)[C@@H]([C@H](C)CCCC(C)C)CC[C@H]4[C@@H]3CC(=O)[C@@]2(Cl)C1. The minimum absolute atomic E-state index is 0.187. The van der Waals surface area contributed by atoms with Crippen LogP contribution in [0.2, 0.25) is 0 Å². The first kappa shape index (κ1) is 25.5. The van der Waals surface area contributed by atoms with Gasteiger partial charge in [-0.25, -0.2) is 0 Å². The molecule has 0 aromatic heterocycles. The monoisotopic (exact) mass is 478 g/mol. The van der Waals surface area contributed by atoms with Crippen LogP contribution < -0.4 is 0 Å². The van der Waals surface area contributed by atoms with E-state index in [1.807, 2.05) is 0 Å². The lowest BCUT2D eigenvalue weighted by Crippen LogP contribution is -2.64. The molecule has 33 heavy (non-hydrogen) atoms. The van der Waals surface area contributed by atoms with Crippen LogP contribution in [0.1, 0.15) is 112 Å². The summed E-state index contributed by atoms with van der Waals surface area (Å²) in [5.41, 5.74) is 0.184. The summed E-state index contributed by atoms with van der Waals surface area (Å²) < 4.78 is 5.53. The van der Waals surface area contributed by atoms with Crippen molar-refractivity contribution in [3.8, 4) is 0 Å². The van der Waals surface area contributed by atoms with Gasteiger partial charge in [-0.15, -0.1) is 11.6 Å². The molecule has 0 saturated heterocycles. The first-order valence-corrected chi connectivity index (χ1v) is 14.2.